The Kier molecular flexibility index (Phi) is 6.27. The predicted molar refractivity (Wildman–Crippen MR) is 142 cm³/mol. The van der Waals surface area contributed by atoms with Gasteiger partial charge >= 0.3 is 0 Å². The summed E-state index contributed by atoms with van der Waals surface area (Å²) in [5, 5.41) is 3.21. The molecule has 1 saturated heterocycles. The van der Waals surface area contributed by atoms with Gasteiger partial charge in [0.1, 0.15) is 21.5 Å². The molecule has 176 valence electrons. The Labute approximate surface area is 211 Å². The number of rotatable bonds is 6. The summed E-state index contributed by atoms with van der Waals surface area (Å²) < 4.78 is 7.36. The van der Waals surface area contributed by atoms with Crippen LogP contribution >= 0.6 is 24.0 Å². The molecule has 4 heterocycles. The van der Waals surface area contributed by atoms with Gasteiger partial charge in [0.2, 0.25) is 0 Å². The maximum atomic E-state index is 13.5. The number of anilines is 1. The molecule has 0 saturated carbocycles. The topological polar surface area (TPSA) is 79.9 Å². The van der Waals surface area contributed by atoms with Crippen molar-refractivity contribution in [1.29, 1.82) is 0 Å². The van der Waals surface area contributed by atoms with Gasteiger partial charge in [0.05, 0.1) is 29.3 Å². The van der Waals surface area contributed by atoms with E-state index in [0.29, 0.717) is 33.0 Å². The zero-order valence-electron chi connectivity index (χ0n) is 19.1. The van der Waals surface area contributed by atoms with Crippen LogP contribution < -0.4 is 10.9 Å². The summed E-state index contributed by atoms with van der Waals surface area (Å²) in [6, 6.07) is 16.8. The van der Waals surface area contributed by atoms with Crippen LogP contribution in [-0.2, 0) is 11.3 Å². The van der Waals surface area contributed by atoms with Crippen molar-refractivity contribution in [3.63, 3.8) is 0 Å². The van der Waals surface area contributed by atoms with Gasteiger partial charge in [-0.2, -0.15) is 0 Å². The number of thiocarbonyl (C=S) groups is 1. The summed E-state index contributed by atoms with van der Waals surface area (Å²) in [7, 11) is 0. The highest BCUT2D eigenvalue weighted by atomic mass is 32.2. The third-order valence-corrected chi connectivity index (χ3v) is 7.19. The molecule has 0 spiro atoms. The molecule has 35 heavy (non-hydrogen) atoms. The molecular formula is C26H22N4O3S2. The molecule has 1 fully saturated rings. The highest BCUT2D eigenvalue weighted by Gasteiger charge is 2.36. The molecule has 3 aromatic heterocycles. The van der Waals surface area contributed by atoms with Gasteiger partial charge in [-0.3, -0.25) is 18.9 Å². The highest BCUT2D eigenvalue weighted by Crippen LogP contribution is 2.38. The molecule has 1 N–H and O–H groups in total. The summed E-state index contributed by atoms with van der Waals surface area (Å²) in [6.07, 6.45) is 4.85. The minimum absolute atomic E-state index is 0.232. The van der Waals surface area contributed by atoms with E-state index in [2.05, 4.69) is 5.32 Å². The van der Waals surface area contributed by atoms with E-state index < -0.39 is 0 Å². The number of nitrogens with one attached hydrogen (secondary N) is 1. The number of hydrogen-bond acceptors (Lipinski definition) is 7. The molecule has 7 nitrogen and oxygen atoms in total. The smallest absolute Gasteiger partial charge is 0.267 e. The third kappa shape index (κ3) is 4.40. The number of nitrogens with zero attached hydrogens (tertiary/aromatic N) is 3. The Morgan fingerprint density at radius 2 is 1.94 bits per heavy atom. The lowest BCUT2D eigenvalue weighted by Gasteiger charge is -2.23. The SMILES string of the molecule is Cc1cccn2c(=O)c(/C=C3/SC(=S)N(C(C)c4ccccc4)C3=O)c(NCc3ccco3)nc12. The van der Waals surface area contributed by atoms with Crippen molar-refractivity contribution in [2.24, 2.45) is 0 Å². The lowest BCUT2D eigenvalue weighted by atomic mass is 10.1. The van der Waals surface area contributed by atoms with Crippen molar-refractivity contribution in [3.8, 4) is 0 Å². The van der Waals surface area contributed by atoms with Crippen LogP contribution in [-0.4, -0.2) is 24.5 Å². The molecule has 1 aliphatic heterocycles. The van der Waals surface area contributed by atoms with Crippen LogP contribution in [0, 0.1) is 6.92 Å². The number of furan rings is 1. The van der Waals surface area contributed by atoms with Crippen LogP contribution in [0.1, 0.15) is 35.4 Å². The first-order valence-electron chi connectivity index (χ1n) is 11.0. The van der Waals surface area contributed by atoms with Gasteiger partial charge in [-0.25, -0.2) is 4.98 Å². The van der Waals surface area contributed by atoms with E-state index in [1.54, 1.807) is 35.6 Å². The van der Waals surface area contributed by atoms with Crippen LogP contribution in [0.4, 0.5) is 5.82 Å². The van der Waals surface area contributed by atoms with Gasteiger partial charge in [0, 0.05) is 6.20 Å². The van der Waals surface area contributed by atoms with Gasteiger partial charge in [0.25, 0.3) is 11.5 Å². The molecule has 0 radical (unpaired) electrons. The van der Waals surface area contributed by atoms with Crippen LogP contribution in [0.3, 0.4) is 0 Å². The fourth-order valence-corrected chi connectivity index (χ4v) is 5.39. The summed E-state index contributed by atoms with van der Waals surface area (Å²) in [5.41, 5.74) is 2.39. The van der Waals surface area contributed by atoms with Crippen molar-refractivity contribution in [2.75, 3.05) is 5.32 Å². The van der Waals surface area contributed by atoms with E-state index in [0.717, 1.165) is 11.1 Å². The second kappa shape index (κ2) is 9.52. The Hall–Kier alpha value is -3.69. The van der Waals surface area contributed by atoms with E-state index in [-0.39, 0.29) is 23.1 Å². The fraction of sp³-hybridized carbons (Fsp3) is 0.154. The van der Waals surface area contributed by atoms with Crippen LogP contribution in [0.2, 0.25) is 0 Å². The fourth-order valence-electron chi connectivity index (χ4n) is 3.99. The minimum atomic E-state index is -0.276. The molecule has 0 bridgehead atoms. The first kappa shape index (κ1) is 23.1. The normalized spacial score (nSPS) is 15.8. The van der Waals surface area contributed by atoms with Gasteiger partial charge < -0.3 is 9.73 Å². The van der Waals surface area contributed by atoms with E-state index in [4.69, 9.17) is 21.6 Å². The largest absolute Gasteiger partial charge is 0.467 e. The van der Waals surface area contributed by atoms with Gasteiger partial charge in [-0.1, -0.05) is 60.4 Å². The summed E-state index contributed by atoms with van der Waals surface area (Å²) in [5.74, 6) is 0.842. The van der Waals surface area contributed by atoms with Gasteiger partial charge in [-0.15, -0.1) is 0 Å². The second-order valence-electron chi connectivity index (χ2n) is 8.14. The summed E-state index contributed by atoms with van der Waals surface area (Å²) in [4.78, 5) is 33.6. The maximum absolute atomic E-state index is 13.5. The predicted octanol–water partition coefficient (Wildman–Crippen LogP) is 5.17. The standard InChI is InChI=1S/C26H22N4O3S2/c1-16-8-6-12-29-23(16)28-22(27-15-19-11-7-13-33-19)20(24(29)31)14-21-25(32)30(26(34)35-21)17(2)18-9-4-3-5-10-18/h3-14,17,27H,15H2,1-2H3/b21-14+. The third-order valence-electron chi connectivity index (χ3n) is 5.86. The molecule has 1 aromatic carbocycles. The van der Waals surface area contributed by atoms with E-state index in [1.165, 1.54) is 16.2 Å². The van der Waals surface area contributed by atoms with Crippen molar-refractivity contribution in [2.45, 2.75) is 26.4 Å². The van der Waals surface area contributed by atoms with Crippen LogP contribution in [0.15, 0.2) is 81.2 Å². The number of carbonyl (C=O) groups is 1. The Morgan fingerprint density at radius 1 is 1.14 bits per heavy atom. The number of hydrogen-bond donors (Lipinski definition) is 1. The maximum Gasteiger partial charge on any atom is 0.267 e. The first-order chi connectivity index (χ1) is 16.9. The number of benzene rings is 1. The number of fused-ring (bicyclic) bond motifs is 1. The summed E-state index contributed by atoms with van der Waals surface area (Å²) in [6.45, 7) is 4.18. The van der Waals surface area contributed by atoms with Gasteiger partial charge in [0.15, 0.2) is 0 Å². The molecule has 1 unspecified atom stereocenters. The monoisotopic (exact) mass is 502 g/mol. The average Bonchev–Trinajstić information content (AvgIpc) is 3.48. The van der Waals surface area contributed by atoms with Crippen molar-refractivity contribution in [1.82, 2.24) is 14.3 Å². The molecule has 5 rings (SSSR count). The molecule has 4 aromatic rings. The number of aromatic nitrogens is 2. The van der Waals surface area contributed by atoms with Crippen molar-refractivity contribution >= 4 is 51.7 Å². The molecular weight excluding hydrogens is 480 g/mol. The molecule has 1 aliphatic rings. The Morgan fingerprint density at radius 3 is 2.69 bits per heavy atom. The number of pyridine rings is 1. The Bertz CT molecular complexity index is 1510. The molecule has 0 aliphatic carbocycles. The van der Waals surface area contributed by atoms with Gasteiger partial charge in [-0.05, 0) is 49.2 Å². The number of aryl methyl sites for hydroxylation is 1. The summed E-state index contributed by atoms with van der Waals surface area (Å²) >= 11 is 6.74. The second-order valence-corrected chi connectivity index (χ2v) is 9.81. The molecule has 1 atom stereocenters. The van der Waals surface area contributed by atoms with Crippen molar-refractivity contribution < 1.29 is 9.21 Å². The Balaban J connectivity index is 1.56. The first-order valence-corrected chi connectivity index (χ1v) is 12.3. The van der Waals surface area contributed by atoms with E-state index >= 15 is 0 Å². The highest BCUT2D eigenvalue weighted by molar-refractivity contribution is 8.26. The minimum Gasteiger partial charge on any atom is -0.467 e. The van der Waals surface area contributed by atoms with Crippen molar-refractivity contribution in [3.05, 3.63) is 105 Å². The number of carbonyl (C=O) groups excluding carboxylic acids is 1. The number of thioether (sulfide) groups is 1. The lowest BCUT2D eigenvalue weighted by Crippen LogP contribution is -2.31. The zero-order valence-corrected chi connectivity index (χ0v) is 20.7. The van der Waals surface area contributed by atoms with E-state index in [1.807, 2.05) is 56.3 Å². The van der Waals surface area contributed by atoms with E-state index in [9.17, 15) is 9.59 Å². The average molecular weight is 503 g/mol. The lowest BCUT2D eigenvalue weighted by molar-refractivity contribution is -0.123. The van der Waals surface area contributed by atoms with Crippen LogP contribution in [0.5, 0.6) is 0 Å². The van der Waals surface area contributed by atoms with Crippen LogP contribution in [0.25, 0.3) is 11.7 Å². The number of amides is 1. The zero-order chi connectivity index (χ0) is 24.5. The molecule has 9 heteroatoms. The quantitative estimate of drug-likeness (QED) is 0.288. The molecule has 1 amide bonds.